The van der Waals surface area contributed by atoms with Crippen molar-refractivity contribution in [1.29, 1.82) is 0 Å². The van der Waals surface area contributed by atoms with Crippen molar-refractivity contribution >= 4 is 11.8 Å². The lowest BCUT2D eigenvalue weighted by atomic mass is 9.96. The predicted octanol–water partition coefficient (Wildman–Crippen LogP) is 4.22. The Morgan fingerprint density at radius 3 is 2.42 bits per heavy atom. The second kappa shape index (κ2) is 6.78. The van der Waals surface area contributed by atoms with E-state index in [9.17, 15) is 0 Å². The van der Waals surface area contributed by atoms with Crippen LogP contribution in [0.1, 0.15) is 22.7 Å². The second-order valence-electron chi connectivity index (χ2n) is 4.71. The van der Waals surface area contributed by atoms with Crippen molar-refractivity contribution in [2.24, 2.45) is 0 Å². The van der Waals surface area contributed by atoms with E-state index in [2.05, 4.69) is 67.0 Å². The number of hydrogen-bond acceptors (Lipinski definition) is 2. The first-order valence-corrected chi connectivity index (χ1v) is 7.83. The smallest absolute Gasteiger partial charge is 0.0369 e. The molecule has 2 rings (SSSR count). The van der Waals surface area contributed by atoms with E-state index in [-0.39, 0.29) is 0 Å². The molecule has 19 heavy (non-hydrogen) atoms. The van der Waals surface area contributed by atoms with E-state index in [1.165, 1.54) is 21.6 Å². The molecular weight excluding hydrogens is 250 g/mol. The molecule has 0 fully saturated rings. The summed E-state index contributed by atoms with van der Waals surface area (Å²) in [6.45, 7) is 2.18. The van der Waals surface area contributed by atoms with Crippen LogP contribution in [0.4, 0.5) is 0 Å². The summed E-state index contributed by atoms with van der Waals surface area (Å²) in [5.74, 6) is 0. The Morgan fingerprint density at radius 1 is 1.05 bits per heavy atom. The number of rotatable bonds is 5. The molecule has 0 spiro atoms. The lowest BCUT2D eigenvalue weighted by Gasteiger charge is -2.20. The summed E-state index contributed by atoms with van der Waals surface area (Å²) in [4.78, 5) is 1.36. The highest BCUT2D eigenvalue weighted by molar-refractivity contribution is 7.98. The number of aryl methyl sites for hydroxylation is 1. The molecule has 0 aliphatic carbocycles. The largest absolute Gasteiger partial charge is 0.313 e. The minimum Gasteiger partial charge on any atom is -0.313 e. The average Bonchev–Trinajstić information content (AvgIpc) is 2.46. The Hall–Kier alpha value is -1.25. The van der Waals surface area contributed by atoms with Crippen molar-refractivity contribution in [1.82, 2.24) is 5.32 Å². The number of nitrogens with one attached hydrogen (secondary N) is 1. The van der Waals surface area contributed by atoms with Crippen molar-refractivity contribution in [3.63, 3.8) is 0 Å². The molecule has 1 N–H and O–H groups in total. The quantitative estimate of drug-likeness (QED) is 0.817. The zero-order valence-electron chi connectivity index (χ0n) is 11.8. The first-order valence-electron chi connectivity index (χ1n) is 6.61. The summed E-state index contributed by atoms with van der Waals surface area (Å²) in [5, 5.41) is 3.46. The molecule has 0 amide bonds. The molecule has 0 saturated heterocycles. The fraction of sp³-hybridized carbons (Fsp3) is 0.294. The molecule has 0 saturated carbocycles. The normalized spacial score (nSPS) is 12.4. The maximum absolute atomic E-state index is 3.46. The maximum atomic E-state index is 3.46. The number of thioether (sulfide) groups is 1. The minimum atomic E-state index is 0.366. The molecule has 0 aliphatic heterocycles. The van der Waals surface area contributed by atoms with Crippen molar-refractivity contribution in [2.75, 3.05) is 13.3 Å². The summed E-state index contributed by atoms with van der Waals surface area (Å²) in [7, 11) is 2.04. The molecule has 0 heterocycles. The third-order valence-corrected chi connectivity index (χ3v) is 4.36. The SMILES string of the molecule is CNC(Cc1ccccc1C)c1ccccc1SC. The summed E-state index contributed by atoms with van der Waals surface area (Å²) < 4.78 is 0. The number of likely N-dealkylation sites (N-methyl/N-ethyl adjacent to an activating group) is 1. The highest BCUT2D eigenvalue weighted by atomic mass is 32.2. The number of hydrogen-bond donors (Lipinski definition) is 1. The molecule has 0 radical (unpaired) electrons. The van der Waals surface area contributed by atoms with Gasteiger partial charge in [0.25, 0.3) is 0 Å². The second-order valence-corrected chi connectivity index (χ2v) is 5.56. The van der Waals surface area contributed by atoms with Gasteiger partial charge in [-0.15, -0.1) is 11.8 Å². The van der Waals surface area contributed by atoms with Crippen LogP contribution < -0.4 is 5.32 Å². The molecule has 100 valence electrons. The lowest BCUT2D eigenvalue weighted by Crippen LogP contribution is -2.20. The first-order chi connectivity index (χ1) is 9.26. The van der Waals surface area contributed by atoms with E-state index in [1.54, 1.807) is 0 Å². The van der Waals surface area contributed by atoms with E-state index in [0.29, 0.717) is 6.04 Å². The van der Waals surface area contributed by atoms with Gasteiger partial charge in [-0.25, -0.2) is 0 Å². The molecule has 0 aliphatic rings. The Balaban J connectivity index is 2.28. The number of benzene rings is 2. The van der Waals surface area contributed by atoms with Crippen LogP contribution in [-0.2, 0) is 6.42 Å². The van der Waals surface area contributed by atoms with Crippen LogP contribution in [0, 0.1) is 6.92 Å². The van der Waals surface area contributed by atoms with E-state index >= 15 is 0 Å². The van der Waals surface area contributed by atoms with Crippen LogP contribution in [-0.4, -0.2) is 13.3 Å². The standard InChI is InChI=1S/C17H21NS/c1-13-8-4-5-9-14(13)12-16(18-2)15-10-6-7-11-17(15)19-3/h4-11,16,18H,12H2,1-3H3. The zero-order valence-corrected chi connectivity index (χ0v) is 12.6. The van der Waals surface area contributed by atoms with E-state index in [1.807, 2.05) is 18.8 Å². The van der Waals surface area contributed by atoms with Crippen LogP contribution in [0.25, 0.3) is 0 Å². The van der Waals surface area contributed by atoms with Gasteiger partial charge in [-0.05, 0) is 49.4 Å². The summed E-state index contributed by atoms with van der Waals surface area (Å²) in [5.41, 5.74) is 4.17. The van der Waals surface area contributed by atoms with Gasteiger partial charge in [-0.3, -0.25) is 0 Å². The van der Waals surface area contributed by atoms with Gasteiger partial charge in [-0.2, -0.15) is 0 Å². The summed E-state index contributed by atoms with van der Waals surface area (Å²) >= 11 is 1.81. The minimum absolute atomic E-state index is 0.366. The van der Waals surface area contributed by atoms with E-state index in [4.69, 9.17) is 0 Å². The molecule has 1 unspecified atom stereocenters. The molecule has 2 aromatic rings. The Bertz CT molecular complexity index is 536. The van der Waals surface area contributed by atoms with Gasteiger partial charge in [-0.1, -0.05) is 42.5 Å². The lowest BCUT2D eigenvalue weighted by molar-refractivity contribution is 0.581. The fourth-order valence-electron chi connectivity index (χ4n) is 2.38. The highest BCUT2D eigenvalue weighted by Gasteiger charge is 2.14. The summed E-state index contributed by atoms with van der Waals surface area (Å²) in [6, 6.07) is 17.6. The fourth-order valence-corrected chi connectivity index (χ4v) is 3.04. The third kappa shape index (κ3) is 3.40. The van der Waals surface area contributed by atoms with E-state index < -0.39 is 0 Å². The van der Waals surface area contributed by atoms with Gasteiger partial charge in [0, 0.05) is 10.9 Å². The Kier molecular flexibility index (Phi) is 5.06. The monoisotopic (exact) mass is 271 g/mol. The topological polar surface area (TPSA) is 12.0 Å². The van der Waals surface area contributed by atoms with E-state index in [0.717, 1.165) is 6.42 Å². The van der Waals surface area contributed by atoms with Gasteiger partial charge in [0.1, 0.15) is 0 Å². The average molecular weight is 271 g/mol. The molecule has 0 aromatic heterocycles. The molecular formula is C17H21NS. The van der Waals surface area contributed by atoms with Crippen LogP contribution in [0.3, 0.4) is 0 Å². The molecule has 0 bridgehead atoms. The Labute approximate surface area is 120 Å². The molecule has 2 heteroatoms. The van der Waals surface area contributed by atoms with Gasteiger partial charge >= 0.3 is 0 Å². The van der Waals surface area contributed by atoms with Crippen molar-refractivity contribution in [3.05, 3.63) is 65.2 Å². The van der Waals surface area contributed by atoms with Gasteiger partial charge < -0.3 is 5.32 Å². The van der Waals surface area contributed by atoms with Gasteiger partial charge in [0.05, 0.1) is 0 Å². The van der Waals surface area contributed by atoms with Crippen LogP contribution >= 0.6 is 11.8 Å². The highest BCUT2D eigenvalue weighted by Crippen LogP contribution is 2.28. The van der Waals surface area contributed by atoms with Crippen LogP contribution in [0.2, 0.25) is 0 Å². The van der Waals surface area contributed by atoms with Gasteiger partial charge in [0.15, 0.2) is 0 Å². The Morgan fingerprint density at radius 2 is 1.74 bits per heavy atom. The molecule has 2 aromatic carbocycles. The first kappa shape index (κ1) is 14.2. The van der Waals surface area contributed by atoms with Crippen molar-refractivity contribution in [3.8, 4) is 0 Å². The van der Waals surface area contributed by atoms with Crippen LogP contribution in [0.5, 0.6) is 0 Å². The van der Waals surface area contributed by atoms with Crippen LogP contribution in [0.15, 0.2) is 53.4 Å². The molecule has 1 nitrogen and oxygen atoms in total. The molecule has 1 atom stereocenters. The van der Waals surface area contributed by atoms with Gasteiger partial charge in [0.2, 0.25) is 0 Å². The summed E-state index contributed by atoms with van der Waals surface area (Å²) in [6.07, 6.45) is 3.17. The third-order valence-electron chi connectivity index (χ3n) is 3.55. The maximum Gasteiger partial charge on any atom is 0.0369 e. The van der Waals surface area contributed by atoms with Crippen molar-refractivity contribution < 1.29 is 0 Å². The zero-order chi connectivity index (χ0) is 13.7. The predicted molar refractivity (Wildman–Crippen MR) is 84.9 cm³/mol. The van der Waals surface area contributed by atoms with Crippen molar-refractivity contribution in [2.45, 2.75) is 24.3 Å².